The Hall–Kier alpha value is -3.82. The van der Waals surface area contributed by atoms with Crippen LogP contribution in [0.5, 0.6) is 5.75 Å². The summed E-state index contributed by atoms with van der Waals surface area (Å²) >= 11 is 0. The van der Waals surface area contributed by atoms with Gasteiger partial charge in [-0.3, -0.25) is 14.6 Å². The molecule has 2 heterocycles. The van der Waals surface area contributed by atoms with Crippen LogP contribution in [0.4, 0.5) is 0 Å². The van der Waals surface area contributed by atoms with Gasteiger partial charge in [0.25, 0.3) is 17.4 Å². The number of phenols is 1. The number of carbonyl (C=O) groups excluding carboxylic acids is 1. The molecule has 26 heavy (non-hydrogen) atoms. The van der Waals surface area contributed by atoms with E-state index >= 15 is 0 Å². The number of nitrogens with one attached hydrogen (secondary N) is 2. The molecule has 0 aliphatic rings. The summed E-state index contributed by atoms with van der Waals surface area (Å²) in [5.41, 5.74) is 3.23. The van der Waals surface area contributed by atoms with Gasteiger partial charge in [-0.2, -0.15) is 14.9 Å². The Morgan fingerprint density at radius 3 is 2.81 bits per heavy atom. The average Bonchev–Trinajstić information content (AvgIpc) is 3.01. The van der Waals surface area contributed by atoms with Gasteiger partial charge in [0.2, 0.25) is 0 Å². The zero-order chi connectivity index (χ0) is 18.7. The zero-order valence-corrected chi connectivity index (χ0v) is 14.0. The maximum absolute atomic E-state index is 12.4. The van der Waals surface area contributed by atoms with E-state index in [0.29, 0.717) is 11.3 Å². The Balaban J connectivity index is 1.85. The molecule has 132 valence electrons. The molecule has 0 fully saturated rings. The van der Waals surface area contributed by atoms with Crippen molar-refractivity contribution in [2.24, 2.45) is 5.10 Å². The van der Waals surface area contributed by atoms with E-state index in [4.69, 9.17) is 0 Å². The average molecular weight is 353 g/mol. The van der Waals surface area contributed by atoms with Crippen molar-refractivity contribution < 1.29 is 9.90 Å². The number of aromatic amines is 1. The molecule has 0 aliphatic carbocycles. The Bertz CT molecular complexity index is 1050. The van der Waals surface area contributed by atoms with Crippen LogP contribution in [0.3, 0.4) is 0 Å². The molecule has 0 bridgehead atoms. The van der Waals surface area contributed by atoms with E-state index in [1.165, 1.54) is 30.0 Å². The number of aryl methyl sites for hydroxylation is 2. The minimum absolute atomic E-state index is 0.0172. The number of phenolic OH excluding ortho intramolecular Hbond substituents is 1. The van der Waals surface area contributed by atoms with E-state index in [-0.39, 0.29) is 23.1 Å². The highest BCUT2D eigenvalue weighted by molar-refractivity contribution is 5.94. The molecule has 0 radical (unpaired) electrons. The molecule has 3 rings (SSSR count). The van der Waals surface area contributed by atoms with Crippen molar-refractivity contribution in [3.05, 3.63) is 63.3 Å². The van der Waals surface area contributed by atoms with Crippen LogP contribution in [0.2, 0.25) is 0 Å². The van der Waals surface area contributed by atoms with Crippen molar-refractivity contribution >= 4 is 12.1 Å². The highest BCUT2D eigenvalue weighted by atomic mass is 16.3. The molecule has 0 spiro atoms. The molecule has 10 heteroatoms. The van der Waals surface area contributed by atoms with Crippen LogP contribution in [0.25, 0.3) is 5.95 Å². The van der Waals surface area contributed by atoms with E-state index in [0.717, 1.165) is 0 Å². The lowest BCUT2D eigenvalue weighted by atomic mass is 10.2. The lowest BCUT2D eigenvalue weighted by molar-refractivity contribution is 0.0947. The second-order valence-corrected chi connectivity index (χ2v) is 5.40. The first-order valence-electron chi connectivity index (χ1n) is 7.58. The third-order valence-electron chi connectivity index (χ3n) is 3.42. The fourth-order valence-corrected chi connectivity index (χ4v) is 2.12. The minimum atomic E-state index is -0.569. The van der Waals surface area contributed by atoms with Gasteiger partial charge in [-0.15, -0.1) is 10.2 Å². The molecule has 1 aromatic carbocycles. The van der Waals surface area contributed by atoms with E-state index in [1.807, 2.05) is 0 Å². The summed E-state index contributed by atoms with van der Waals surface area (Å²) in [4.78, 5) is 26.6. The molecule has 10 nitrogen and oxygen atoms in total. The number of rotatable bonds is 4. The quantitative estimate of drug-likeness (QED) is 0.459. The lowest BCUT2D eigenvalue weighted by Crippen LogP contribution is -2.24. The normalized spacial score (nSPS) is 11.0. The Labute approximate surface area is 147 Å². The number of hydrazone groups is 1. The molecule has 0 atom stereocenters. The summed E-state index contributed by atoms with van der Waals surface area (Å²) in [5.74, 6) is -0.511. The highest BCUT2D eigenvalue weighted by Gasteiger charge is 2.17. The van der Waals surface area contributed by atoms with Crippen molar-refractivity contribution in [1.29, 1.82) is 0 Å². The van der Waals surface area contributed by atoms with E-state index in [1.54, 1.807) is 25.1 Å². The van der Waals surface area contributed by atoms with Crippen LogP contribution in [0.15, 0.2) is 40.2 Å². The van der Waals surface area contributed by atoms with Gasteiger partial charge in [0.15, 0.2) is 0 Å². The van der Waals surface area contributed by atoms with Crippen molar-refractivity contribution in [3.63, 3.8) is 0 Å². The summed E-state index contributed by atoms with van der Waals surface area (Å²) in [5, 5.41) is 25.2. The number of para-hydroxylation sites is 1. The molecule has 3 aromatic rings. The summed E-state index contributed by atoms with van der Waals surface area (Å²) in [6.07, 6.45) is 1.31. The third kappa shape index (κ3) is 3.48. The zero-order valence-electron chi connectivity index (χ0n) is 14.0. The predicted octanol–water partition coefficient (Wildman–Crippen LogP) is 0.437. The first-order valence-corrected chi connectivity index (χ1v) is 7.58. The van der Waals surface area contributed by atoms with Gasteiger partial charge in [-0.1, -0.05) is 12.1 Å². The second-order valence-electron chi connectivity index (χ2n) is 5.40. The van der Waals surface area contributed by atoms with Crippen LogP contribution < -0.4 is 11.0 Å². The fraction of sp³-hybridized carbons (Fsp3) is 0.125. The molecular weight excluding hydrogens is 338 g/mol. The predicted molar refractivity (Wildman–Crippen MR) is 92.4 cm³/mol. The van der Waals surface area contributed by atoms with Crippen molar-refractivity contribution in [1.82, 2.24) is 30.4 Å². The monoisotopic (exact) mass is 353 g/mol. The molecular formula is C16H15N7O3. The lowest BCUT2D eigenvalue weighted by Gasteiger charge is -2.04. The third-order valence-corrected chi connectivity index (χ3v) is 3.42. The van der Waals surface area contributed by atoms with E-state index < -0.39 is 11.5 Å². The molecule has 1 amide bonds. The van der Waals surface area contributed by atoms with Gasteiger partial charge in [0, 0.05) is 5.56 Å². The molecule has 0 saturated carbocycles. The highest BCUT2D eigenvalue weighted by Crippen LogP contribution is 2.12. The van der Waals surface area contributed by atoms with Gasteiger partial charge in [-0.25, -0.2) is 5.43 Å². The molecule has 2 aromatic heterocycles. The number of hydrogen-bond donors (Lipinski definition) is 3. The fourth-order valence-electron chi connectivity index (χ4n) is 2.12. The Morgan fingerprint density at radius 2 is 2.08 bits per heavy atom. The number of nitrogens with zero attached hydrogens (tertiary/aromatic N) is 5. The standard InChI is InChI=1S/C16H15N7O3/c1-9-7-12(23(22-9)16-18-14(25)10(2)19-21-16)15(26)20-17-8-11-5-3-4-6-13(11)24/h3-8,24H,1-2H3,(H,20,26)(H,18,21,25)/b17-8-. The molecule has 0 aliphatic heterocycles. The van der Waals surface area contributed by atoms with Crippen LogP contribution in [0.1, 0.15) is 27.4 Å². The van der Waals surface area contributed by atoms with Crippen LogP contribution in [-0.2, 0) is 0 Å². The first-order chi connectivity index (χ1) is 12.5. The largest absolute Gasteiger partial charge is 0.507 e. The smallest absolute Gasteiger partial charge is 0.290 e. The van der Waals surface area contributed by atoms with Gasteiger partial charge in [-0.05, 0) is 32.0 Å². The number of aromatic nitrogens is 5. The number of hydrogen-bond acceptors (Lipinski definition) is 7. The van der Waals surface area contributed by atoms with Crippen LogP contribution in [-0.4, -0.2) is 42.2 Å². The minimum Gasteiger partial charge on any atom is -0.507 e. The molecule has 0 saturated heterocycles. The van der Waals surface area contributed by atoms with Crippen molar-refractivity contribution in [3.8, 4) is 11.7 Å². The number of aromatic hydroxyl groups is 1. The number of carbonyl (C=O) groups is 1. The summed E-state index contributed by atoms with van der Waals surface area (Å²) < 4.78 is 1.17. The van der Waals surface area contributed by atoms with Crippen molar-refractivity contribution in [2.75, 3.05) is 0 Å². The Morgan fingerprint density at radius 1 is 1.31 bits per heavy atom. The topological polar surface area (TPSA) is 138 Å². The summed E-state index contributed by atoms with van der Waals surface area (Å²) in [7, 11) is 0. The molecule has 0 unspecified atom stereocenters. The van der Waals surface area contributed by atoms with Crippen LogP contribution in [0, 0.1) is 13.8 Å². The summed E-state index contributed by atoms with van der Waals surface area (Å²) in [6.45, 7) is 3.21. The SMILES string of the molecule is Cc1cc(C(=O)N/N=C\c2ccccc2O)n(-c2nnc(C)c(=O)[nH]2)n1. The van der Waals surface area contributed by atoms with Gasteiger partial charge in [0.1, 0.15) is 17.1 Å². The second kappa shape index (κ2) is 6.97. The molecule has 3 N–H and O–H groups in total. The van der Waals surface area contributed by atoms with Crippen molar-refractivity contribution in [2.45, 2.75) is 13.8 Å². The van der Waals surface area contributed by atoms with Gasteiger partial charge in [0.05, 0.1) is 11.9 Å². The summed E-state index contributed by atoms with van der Waals surface area (Å²) in [6, 6.07) is 8.08. The first kappa shape index (κ1) is 17.0. The van der Waals surface area contributed by atoms with Gasteiger partial charge < -0.3 is 5.11 Å². The number of benzene rings is 1. The number of H-pyrrole nitrogens is 1. The maximum Gasteiger partial charge on any atom is 0.290 e. The van der Waals surface area contributed by atoms with Gasteiger partial charge >= 0.3 is 0 Å². The van der Waals surface area contributed by atoms with Crippen LogP contribution >= 0.6 is 0 Å². The number of amides is 1. The Kier molecular flexibility index (Phi) is 4.56. The van der Waals surface area contributed by atoms with E-state index in [2.05, 4.69) is 30.8 Å². The van der Waals surface area contributed by atoms with E-state index in [9.17, 15) is 14.7 Å². The maximum atomic E-state index is 12.4.